The molecule has 5 heteroatoms. The summed E-state index contributed by atoms with van der Waals surface area (Å²) < 4.78 is 20.1. The Morgan fingerprint density at radius 3 is 2.21 bits per heavy atom. The average Bonchev–Trinajstić information content (AvgIpc) is 2.42. The number of halogens is 1. The Hall–Kier alpha value is -2.30. The molecular formula is C19H22FNO3. The lowest BCUT2D eigenvalue weighted by atomic mass is 9.80. The number of aryl methyl sites for hydroxylation is 1. The van der Waals surface area contributed by atoms with E-state index in [4.69, 9.17) is 4.74 Å². The van der Waals surface area contributed by atoms with Gasteiger partial charge < -0.3 is 4.74 Å². The van der Waals surface area contributed by atoms with E-state index in [9.17, 15) is 14.0 Å². The summed E-state index contributed by atoms with van der Waals surface area (Å²) in [5, 5.41) is 0.269. The van der Waals surface area contributed by atoms with Gasteiger partial charge in [0.2, 0.25) is 0 Å². The molecule has 0 bridgehead atoms. The Bertz CT molecular complexity index is 864. The van der Waals surface area contributed by atoms with Crippen LogP contribution in [-0.4, -0.2) is 16.7 Å². The fourth-order valence-electron chi connectivity index (χ4n) is 2.80. The third kappa shape index (κ3) is 3.03. The molecule has 1 aromatic carbocycles. The number of fused-ring (bicyclic) bond motifs is 1. The van der Waals surface area contributed by atoms with Crippen molar-refractivity contribution in [1.29, 1.82) is 0 Å². The maximum absolute atomic E-state index is 14.7. The maximum atomic E-state index is 14.7. The van der Waals surface area contributed by atoms with Crippen LogP contribution < -0.4 is 4.74 Å². The van der Waals surface area contributed by atoms with Crippen LogP contribution in [0.3, 0.4) is 0 Å². The number of nitrogens with zero attached hydrogens (tertiary/aromatic N) is 1. The summed E-state index contributed by atoms with van der Waals surface area (Å²) in [6.07, 6.45) is 0. The van der Waals surface area contributed by atoms with E-state index in [0.29, 0.717) is 22.4 Å². The third-order valence-corrected chi connectivity index (χ3v) is 4.05. The number of Topliss-reactive ketones (excluding diaryl/α,β-unsaturated/α-hetero) is 1. The fourth-order valence-corrected chi connectivity index (χ4v) is 2.80. The first-order chi connectivity index (χ1) is 10.9. The van der Waals surface area contributed by atoms with Crippen LogP contribution in [0.4, 0.5) is 4.39 Å². The molecule has 0 saturated carbocycles. The van der Waals surface area contributed by atoms with Gasteiger partial charge in [-0.2, -0.15) is 0 Å². The van der Waals surface area contributed by atoms with Gasteiger partial charge in [-0.1, -0.05) is 20.8 Å². The molecule has 0 aliphatic carbocycles. The Kier molecular flexibility index (Phi) is 4.48. The average molecular weight is 331 g/mol. The van der Waals surface area contributed by atoms with Crippen molar-refractivity contribution in [2.24, 2.45) is 0 Å². The molecule has 128 valence electrons. The molecule has 2 rings (SSSR count). The van der Waals surface area contributed by atoms with Gasteiger partial charge in [-0.3, -0.25) is 9.59 Å². The third-order valence-electron chi connectivity index (χ3n) is 4.05. The molecular weight excluding hydrogens is 309 g/mol. The minimum absolute atomic E-state index is 0.0487. The lowest BCUT2D eigenvalue weighted by Crippen LogP contribution is -2.18. The van der Waals surface area contributed by atoms with Gasteiger partial charge in [0.15, 0.2) is 5.78 Å². The summed E-state index contributed by atoms with van der Waals surface area (Å²) in [5.41, 5.74) is 1.68. The van der Waals surface area contributed by atoms with Crippen LogP contribution in [0.2, 0.25) is 0 Å². The van der Waals surface area contributed by atoms with Crippen molar-refractivity contribution in [3.63, 3.8) is 0 Å². The summed E-state index contributed by atoms with van der Waals surface area (Å²) >= 11 is 0. The monoisotopic (exact) mass is 331 g/mol. The van der Waals surface area contributed by atoms with Gasteiger partial charge in [-0.15, -0.1) is 0 Å². The van der Waals surface area contributed by atoms with Gasteiger partial charge >= 0.3 is 5.97 Å². The minimum Gasteiger partial charge on any atom is -0.426 e. The summed E-state index contributed by atoms with van der Waals surface area (Å²) in [4.78, 5) is 28.2. The van der Waals surface area contributed by atoms with Gasteiger partial charge in [0.1, 0.15) is 17.1 Å². The normalized spacial score (nSPS) is 11.7. The second-order valence-electron chi connectivity index (χ2n) is 7.06. The first kappa shape index (κ1) is 18.0. The first-order valence-electron chi connectivity index (χ1n) is 7.78. The zero-order valence-corrected chi connectivity index (χ0v) is 15.1. The summed E-state index contributed by atoms with van der Waals surface area (Å²) in [6, 6.07) is 1.36. The van der Waals surface area contributed by atoms with E-state index < -0.39 is 17.2 Å². The molecule has 2 aromatic rings. The number of hydrogen-bond donors (Lipinski definition) is 0. The highest BCUT2D eigenvalue weighted by Crippen LogP contribution is 2.39. The number of aromatic nitrogens is 1. The molecule has 0 unspecified atom stereocenters. The topological polar surface area (TPSA) is 56.3 Å². The minimum atomic E-state index is -0.531. The SMILES string of the molecule is CC(=O)Oc1c(C)c(C)nc2c(F)cc(C(C)(C)C)c(C(C)=O)c12. The molecule has 24 heavy (non-hydrogen) atoms. The number of carbonyl (C=O) groups is 2. The number of carbonyl (C=O) groups excluding carboxylic acids is 2. The van der Waals surface area contributed by atoms with E-state index >= 15 is 0 Å². The Labute approximate surface area is 141 Å². The number of rotatable bonds is 2. The van der Waals surface area contributed by atoms with Crippen LogP contribution in [-0.2, 0) is 10.2 Å². The van der Waals surface area contributed by atoms with Crippen molar-refractivity contribution in [2.45, 2.75) is 53.9 Å². The van der Waals surface area contributed by atoms with Gasteiger partial charge in [0.05, 0.1) is 5.39 Å². The highest BCUT2D eigenvalue weighted by Gasteiger charge is 2.28. The quantitative estimate of drug-likeness (QED) is 0.604. The highest BCUT2D eigenvalue weighted by atomic mass is 19.1. The summed E-state index contributed by atoms with van der Waals surface area (Å²) in [7, 11) is 0. The maximum Gasteiger partial charge on any atom is 0.308 e. The highest BCUT2D eigenvalue weighted by molar-refractivity contribution is 6.11. The van der Waals surface area contributed by atoms with Crippen LogP contribution in [0.15, 0.2) is 6.07 Å². The number of hydrogen-bond acceptors (Lipinski definition) is 4. The van der Waals surface area contributed by atoms with Gasteiger partial charge in [-0.25, -0.2) is 9.37 Å². The largest absolute Gasteiger partial charge is 0.426 e. The van der Waals surface area contributed by atoms with E-state index in [-0.39, 0.29) is 22.4 Å². The Morgan fingerprint density at radius 1 is 1.17 bits per heavy atom. The molecule has 0 fully saturated rings. The molecule has 0 aliphatic heterocycles. The second-order valence-corrected chi connectivity index (χ2v) is 7.06. The Morgan fingerprint density at radius 2 is 1.75 bits per heavy atom. The number of esters is 1. The zero-order chi connectivity index (χ0) is 18.4. The van der Waals surface area contributed by atoms with Crippen LogP contribution in [0.1, 0.15) is 61.8 Å². The predicted molar refractivity (Wildman–Crippen MR) is 91.2 cm³/mol. The van der Waals surface area contributed by atoms with Crippen molar-refractivity contribution >= 4 is 22.7 Å². The van der Waals surface area contributed by atoms with E-state index in [1.165, 1.54) is 19.9 Å². The summed E-state index contributed by atoms with van der Waals surface area (Å²) in [6.45, 7) is 11.9. The van der Waals surface area contributed by atoms with Crippen molar-refractivity contribution < 1.29 is 18.7 Å². The van der Waals surface area contributed by atoms with Crippen molar-refractivity contribution in [1.82, 2.24) is 4.98 Å². The molecule has 0 N–H and O–H groups in total. The second kappa shape index (κ2) is 5.96. The number of ether oxygens (including phenoxy) is 1. The molecule has 0 saturated heterocycles. The van der Waals surface area contributed by atoms with Crippen LogP contribution >= 0.6 is 0 Å². The van der Waals surface area contributed by atoms with E-state index in [2.05, 4.69) is 4.98 Å². The van der Waals surface area contributed by atoms with Gasteiger partial charge in [0.25, 0.3) is 0 Å². The lowest BCUT2D eigenvalue weighted by molar-refractivity contribution is -0.131. The summed E-state index contributed by atoms with van der Waals surface area (Å²) in [5.74, 6) is -1.07. The van der Waals surface area contributed by atoms with E-state index in [1.54, 1.807) is 13.8 Å². The van der Waals surface area contributed by atoms with Crippen molar-refractivity contribution in [3.8, 4) is 5.75 Å². The van der Waals surface area contributed by atoms with Gasteiger partial charge in [-0.05, 0) is 37.8 Å². The van der Waals surface area contributed by atoms with Crippen LogP contribution in [0.5, 0.6) is 5.75 Å². The van der Waals surface area contributed by atoms with Crippen molar-refractivity contribution in [2.75, 3.05) is 0 Å². The Balaban J connectivity index is 3.13. The van der Waals surface area contributed by atoms with E-state index in [0.717, 1.165) is 0 Å². The molecule has 1 aromatic heterocycles. The standard InChI is InChI=1S/C19H22FNO3/c1-9-10(2)21-17-14(20)8-13(19(5,6)7)15(11(3)22)16(17)18(9)24-12(4)23/h8H,1-7H3. The van der Waals surface area contributed by atoms with Crippen LogP contribution in [0, 0.1) is 19.7 Å². The molecule has 0 atom stereocenters. The molecule has 0 radical (unpaired) electrons. The van der Waals surface area contributed by atoms with Crippen LogP contribution in [0.25, 0.3) is 10.9 Å². The van der Waals surface area contributed by atoms with E-state index in [1.807, 2.05) is 20.8 Å². The fraction of sp³-hybridized carbons (Fsp3) is 0.421. The first-order valence-corrected chi connectivity index (χ1v) is 7.78. The number of ketones is 1. The molecule has 4 nitrogen and oxygen atoms in total. The van der Waals surface area contributed by atoms with Gasteiger partial charge in [0, 0.05) is 23.7 Å². The molecule has 0 spiro atoms. The smallest absolute Gasteiger partial charge is 0.308 e. The predicted octanol–water partition coefficient (Wildman–Crippen LogP) is 4.42. The van der Waals surface area contributed by atoms with Crippen molar-refractivity contribution in [3.05, 3.63) is 34.3 Å². The molecule has 0 amide bonds. The zero-order valence-electron chi connectivity index (χ0n) is 15.1. The number of pyridine rings is 1. The molecule has 1 heterocycles. The molecule has 0 aliphatic rings. The number of benzene rings is 1. The lowest BCUT2D eigenvalue weighted by Gasteiger charge is -2.25.